The average Bonchev–Trinajstić information content (AvgIpc) is 3.03. The number of benzene rings is 2. The second-order valence-electron chi connectivity index (χ2n) is 5.89. The van der Waals surface area contributed by atoms with Crippen LogP contribution in [0.1, 0.15) is 18.1 Å². The molecule has 0 aliphatic rings. The maximum atomic E-state index is 5.45. The highest BCUT2D eigenvalue weighted by Crippen LogP contribution is 2.28. The summed E-state index contributed by atoms with van der Waals surface area (Å²) >= 11 is 1.67. The first kappa shape index (κ1) is 17.7. The van der Waals surface area contributed by atoms with Crippen molar-refractivity contribution in [3.63, 3.8) is 0 Å². The summed E-state index contributed by atoms with van der Waals surface area (Å²) in [6.07, 6.45) is 0. The molecule has 0 saturated heterocycles. The van der Waals surface area contributed by atoms with Crippen LogP contribution >= 0.6 is 11.8 Å². The molecule has 25 heavy (non-hydrogen) atoms. The van der Waals surface area contributed by atoms with Crippen molar-refractivity contribution >= 4 is 11.8 Å². The van der Waals surface area contributed by atoms with Gasteiger partial charge >= 0.3 is 0 Å². The smallest absolute Gasteiger partial charge is 0.196 e. The normalized spacial score (nSPS) is 11.0. The zero-order valence-corrected chi connectivity index (χ0v) is 15.7. The van der Waals surface area contributed by atoms with Crippen LogP contribution in [-0.4, -0.2) is 33.7 Å². The van der Waals surface area contributed by atoms with Gasteiger partial charge in [-0.1, -0.05) is 53.2 Å². The predicted molar refractivity (Wildman–Crippen MR) is 103 cm³/mol. The lowest BCUT2D eigenvalue weighted by Gasteiger charge is -2.11. The van der Waals surface area contributed by atoms with Crippen LogP contribution in [-0.2, 0) is 4.74 Å². The van der Waals surface area contributed by atoms with Gasteiger partial charge in [0.25, 0.3) is 0 Å². The molecular formula is C20H23N3OS. The third kappa shape index (κ3) is 4.30. The van der Waals surface area contributed by atoms with Crippen molar-refractivity contribution in [2.24, 2.45) is 0 Å². The molecule has 0 aliphatic heterocycles. The number of nitrogens with zero attached hydrogens (tertiary/aromatic N) is 3. The van der Waals surface area contributed by atoms with E-state index in [0.717, 1.165) is 34.6 Å². The predicted octanol–water partition coefficient (Wildman–Crippen LogP) is 4.68. The third-order valence-corrected chi connectivity index (χ3v) is 4.76. The Bertz CT molecular complexity index is 827. The molecule has 0 aliphatic carbocycles. The molecule has 0 spiro atoms. The summed E-state index contributed by atoms with van der Waals surface area (Å²) in [5.74, 6) is 1.72. The lowest BCUT2D eigenvalue weighted by Crippen LogP contribution is -2.02. The Labute approximate surface area is 153 Å². The molecule has 0 radical (unpaired) electrons. The minimum atomic E-state index is 0.710. The first-order chi connectivity index (χ1) is 12.2. The lowest BCUT2D eigenvalue weighted by atomic mass is 10.1. The molecule has 0 N–H and O–H groups in total. The van der Waals surface area contributed by atoms with Crippen LogP contribution in [0.25, 0.3) is 17.1 Å². The van der Waals surface area contributed by atoms with Crippen molar-refractivity contribution in [2.75, 3.05) is 19.0 Å². The number of ether oxygens (including phenoxy) is 1. The Morgan fingerprint density at radius 1 is 1.00 bits per heavy atom. The van der Waals surface area contributed by atoms with E-state index in [2.05, 4.69) is 77.1 Å². The molecular weight excluding hydrogens is 330 g/mol. The fraction of sp³-hybridized carbons (Fsp3) is 0.300. The van der Waals surface area contributed by atoms with E-state index < -0.39 is 0 Å². The van der Waals surface area contributed by atoms with Crippen LogP contribution in [0.5, 0.6) is 0 Å². The highest BCUT2D eigenvalue weighted by atomic mass is 32.2. The van der Waals surface area contributed by atoms with Gasteiger partial charge in [-0.05, 0) is 39.0 Å². The molecule has 3 rings (SSSR count). The largest absolute Gasteiger partial charge is 0.381 e. The van der Waals surface area contributed by atoms with Gasteiger partial charge in [-0.2, -0.15) is 0 Å². The minimum absolute atomic E-state index is 0.710. The van der Waals surface area contributed by atoms with Crippen LogP contribution in [0.3, 0.4) is 0 Å². The number of hydrogen-bond acceptors (Lipinski definition) is 4. The molecule has 5 heteroatoms. The Hall–Kier alpha value is -2.11. The second-order valence-corrected chi connectivity index (χ2v) is 6.95. The van der Waals surface area contributed by atoms with E-state index in [1.165, 1.54) is 11.1 Å². The monoisotopic (exact) mass is 353 g/mol. The average molecular weight is 353 g/mol. The standard InChI is InChI=1S/C20H23N3OS/c1-4-24-12-13-25-20-22-21-19(17-7-5-6-16(3)14-17)23(20)18-10-8-15(2)9-11-18/h5-11,14H,4,12-13H2,1-3H3. The van der Waals surface area contributed by atoms with Crippen LogP contribution in [0.15, 0.2) is 53.7 Å². The fourth-order valence-electron chi connectivity index (χ4n) is 2.60. The molecule has 0 unspecified atom stereocenters. The van der Waals surface area contributed by atoms with E-state index in [1.807, 2.05) is 6.92 Å². The number of rotatable bonds is 7. The summed E-state index contributed by atoms with van der Waals surface area (Å²) in [5.41, 5.74) is 4.59. The summed E-state index contributed by atoms with van der Waals surface area (Å²) in [6, 6.07) is 16.8. The van der Waals surface area contributed by atoms with Crippen LogP contribution in [0.4, 0.5) is 0 Å². The van der Waals surface area contributed by atoms with E-state index in [-0.39, 0.29) is 0 Å². The summed E-state index contributed by atoms with van der Waals surface area (Å²) in [7, 11) is 0. The summed E-state index contributed by atoms with van der Waals surface area (Å²) < 4.78 is 7.58. The highest BCUT2D eigenvalue weighted by molar-refractivity contribution is 7.99. The number of hydrogen-bond donors (Lipinski definition) is 0. The van der Waals surface area contributed by atoms with Gasteiger partial charge in [0.2, 0.25) is 0 Å². The van der Waals surface area contributed by atoms with Crippen LogP contribution in [0.2, 0.25) is 0 Å². The van der Waals surface area contributed by atoms with Gasteiger partial charge in [0.05, 0.1) is 6.61 Å². The number of thioether (sulfide) groups is 1. The molecule has 0 amide bonds. The highest BCUT2D eigenvalue weighted by Gasteiger charge is 2.16. The van der Waals surface area contributed by atoms with Gasteiger partial charge in [0.15, 0.2) is 11.0 Å². The Morgan fingerprint density at radius 3 is 2.52 bits per heavy atom. The number of aryl methyl sites for hydroxylation is 2. The molecule has 130 valence electrons. The van der Waals surface area contributed by atoms with Gasteiger partial charge in [-0.3, -0.25) is 4.57 Å². The van der Waals surface area contributed by atoms with Gasteiger partial charge in [-0.15, -0.1) is 10.2 Å². The maximum Gasteiger partial charge on any atom is 0.196 e. The van der Waals surface area contributed by atoms with Crippen molar-refractivity contribution in [1.29, 1.82) is 0 Å². The van der Waals surface area contributed by atoms with Crippen LogP contribution < -0.4 is 0 Å². The molecule has 4 nitrogen and oxygen atoms in total. The van der Waals surface area contributed by atoms with Crippen molar-refractivity contribution in [3.8, 4) is 17.1 Å². The quantitative estimate of drug-likeness (QED) is 0.457. The fourth-order valence-corrected chi connectivity index (χ4v) is 3.40. The Balaban J connectivity index is 2.00. The van der Waals surface area contributed by atoms with Crippen molar-refractivity contribution in [3.05, 3.63) is 59.7 Å². The summed E-state index contributed by atoms with van der Waals surface area (Å²) in [4.78, 5) is 0. The zero-order chi connectivity index (χ0) is 17.6. The molecule has 0 saturated carbocycles. The van der Waals surface area contributed by atoms with Crippen molar-refractivity contribution < 1.29 is 4.74 Å². The Morgan fingerprint density at radius 2 is 1.80 bits per heavy atom. The van der Waals surface area contributed by atoms with Gasteiger partial charge in [-0.25, -0.2) is 0 Å². The van der Waals surface area contributed by atoms with E-state index in [4.69, 9.17) is 4.74 Å². The van der Waals surface area contributed by atoms with E-state index in [1.54, 1.807) is 11.8 Å². The first-order valence-corrected chi connectivity index (χ1v) is 9.47. The number of aromatic nitrogens is 3. The minimum Gasteiger partial charge on any atom is -0.381 e. The molecule has 0 bridgehead atoms. The topological polar surface area (TPSA) is 39.9 Å². The van der Waals surface area contributed by atoms with E-state index in [0.29, 0.717) is 6.61 Å². The maximum absolute atomic E-state index is 5.45. The zero-order valence-electron chi connectivity index (χ0n) is 14.9. The van der Waals surface area contributed by atoms with Gasteiger partial charge in [0, 0.05) is 23.6 Å². The molecule has 1 aromatic heterocycles. The van der Waals surface area contributed by atoms with E-state index in [9.17, 15) is 0 Å². The van der Waals surface area contributed by atoms with Crippen molar-refractivity contribution in [1.82, 2.24) is 14.8 Å². The molecule has 2 aromatic carbocycles. The third-order valence-electron chi connectivity index (χ3n) is 3.86. The molecule has 1 heterocycles. The lowest BCUT2D eigenvalue weighted by molar-refractivity contribution is 0.164. The Kier molecular flexibility index (Phi) is 5.89. The summed E-state index contributed by atoms with van der Waals surface area (Å²) in [6.45, 7) is 7.64. The first-order valence-electron chi connectivity index (χ1n) is 8.49. The van der Waals surface area contributed by atoms with Gasteiger partial charge in [0.1, 0.15) is 0 Å². The van der Waals surface area contributed by atoms with E-state index >= 15 is 0 Å². The molecule has 0 fully saturated rings. The molecule has 0 atom stereocenters. The second kappa shape index (κ2) is 8.32. The van der Waals surface area contributed by atoms with Gasteiger partial charge < -0.3 is 4.74 Å². The van der Waals surface area contributed by atoms with Crippen molar-refractivity contribution in [2.45, 2.75) is 25.9 Å². The molecule has 3 aromatic rings. The van der Waals surface area contributed by atoms with Crippen LogP contribution in [0, 0.1) is 13.8 Å². The summed E-state index contributed by atoms with van der Waals surface area (Å²) in [5, 5.41) is 9.80. The SMILES string of the molecule is CCOCCSc1nnc(-c2cccc(C)c2)n1-c1ccc(C)cc1.